The van der Waals surface area contributed by atoms with Crippen LogP contribution in [0.1, 0.15) is 87.1 Å². The van der Waals surface area contributed by atoms with Crippen LogP contribution in [0.25, 0.3) is 0 Å². The average molecular weight is 572 g/mol. The Morgan fingerprint density at radius 2 is 1.54 bits per heavy atom. The van der Waals surface area contributed by atoms with E-state index in [1.165, 1.54) is 38.5 Å². The molecule has 1 saturated heterocycles. The van der Waals surface area contributed by atoms with Gasteiger partial charge < -0.3 is 23.7 Å². The van der Waals surface area contributed by atoms with Gasteiger partial charge in [0.15, 0.2) is 0 Å². The fourth-order valence-corrected chi connectivity index (χ4v) is 4.74. The van der Waals surface area contributed by atoms with Crippen molar-refractivity contribution in [1.82, 2.24) is 4.72 Å². The summed E-state index contributed by atoms with van der Waals surface area (Å²) in [5.74, 6) is -0.377. The zero-order chi connectivity index (χ0) is 28.2. The fraction of sp³-hybridized carbons (Fsp3) is 0.759. The second-order valence-electron chi connectivity index (χ2n) is 10.0. The molecule has 1 aromatic rings. The Kier molecular flexibility index (Phi) is 17.3. The van der Waals surface area contributed by atoms with Crippen molar-refractivity contribution in [1.29, 1.82) is 0 Å². The van der Waals surface area contributed by atoms with Gasteiger partial charge in [0.1, 0.15) is 12.4 Å². The lowest BCUT2D eigenvalue weighted by molar-refractivity contribution is -0.0414. The maximum Gasteiger partial charge on any atom is 0.268 e. The number of unbranched alkanes of at least 4 members (excludes halogenated alkanes) is 7. The van der Waals surface area contributed by atoms with Crippen molar-refractivity contribution in [2.45, 2.75) is 83.7 Å². The molecule has 1 aliphatic rings. The third-order valence-corrected chi connectivity index (χ3v) is 6.98. The predicted molar refractivity (Wildman–Crippen MR) is 152 cm³/mol. The van der Waals surface area contributed by atoms with Gasteiger partial charge in [0.25, 0.3) is 5.91 Å². The van der Waals surface area contributed by atoms with Gasteiger partial charge in [-0.2, -0.15) is 0 Å². The third kappa shape index (κ3) is 16.2. The van der Waals surface area contributed by atoms with Crippen molar-refractivity contribution in [3.63, 3.8) is 0 Å². The molecule has 0 saturated carbocycles. The average Bonchev–Trinajstić information content (AvgIpc) is 2.90. The SMILES string of the molecule is CCCCCCCCCCc1ccc(OCC2CCOCCOCCCOCCO2)c(C(=O)NS(C)(=O)=O)c1. The molecule has 0 bridgehead atoms. The molecule has 10 heteroatoms. The number of hydrogen-bond acceptors (Lipinski definition) is 8. The molecular formula is C29H49NO8S. The number of carbonyl (C=O) groups excluding carboxylic acids is 1. The van der Waals surface area contributed by atoms with Crippen LogP contribution in [0.2, 0.25) is 0 Å². The van der Waals surface area contributed by atoms with Crippen LogP contribution >= 0.6 is 0 Å². The van der Waals surface area contributed by atoms with Gasteiger partial charge in [0, 0.05) is 26.2 Å². The minimum absolute atomic E-state index is 0.191. The van der Waals surface area contributed by atoms with E-state index >= 15 is 0 Å². The summed E-state index contributed by atoms with van der Waals surface area (Å²) in [6.07, 6.45) is 12.7. The maximum atomic E-state index is 12.9. The highest BCUT2D eigenvalue weighted by atomic mass is 32.2. The first-order chi connectivity index (χ1) is 18.9. The molecular weight excluding hydrogens is 522 g/mol. The molecule has 0 spiro atoms. The van der Waals surface area contributed by atoms with Crippen molar-refractivity contribution >= 4 is 15.9 Å². The van der Waals surface area contributed by atoms with E-state index < -0.39 is 15.9 Å². The van der Waals surface area contributed by atoms with Gasteiger partial charge in [-0.05, 0) is 37.0 Å². The van der Waals surface area contributed by atoms with Gasteiger partial charge in [0.2, 0.25) is 10.0 Å². The summed E-state index contributed by atoms with van der Waals surface area (Å²) in [6.45, 7) is 6.06. The molecule has 39 heavy (non-hydrogen) atoms. The molecule has 9 nitrogen and oxygen atoms in total. The molecule has 1 atom stereocenters. The van der Waals surface area contributed by atoms with Gasteiger partial charge in [-0.1, -0.05) is 57.9 Å². The van der Waals surface area contributed by atoms with Crippen LogP contribution in [-0.4, -0.2) is 79.5 Å². The molecule has 0 aliphatic carbocycles. The van der Waals surface area contributed by atoms with Crippen molar-refractivity contribution in [3.05, 3.63) is 29.3 Å². The van der Waals surface area contributed by atoms with Crippen molar-refractivity contribution in [3.8, 4) is 5.75 Å². The first kappa shape index (κ1) is 33.5. The van der Waals surface area contributed by atoms with Gasteiger partial charge in [0.05, 0.1) is 44.4 Å². The van der Waals surface area contributed by atoms with Crippen LogP contribution in [0, 0.1) is 0 Å². The first-order valence-electron chi connectivity index (χ1n) is 14.5. The molecule has 0 radical (unpaired) electrons. The fourth-order valence-electron chi connectivity index (χ4n) is 4.30. The monoisotopic (exact) mass is 571 g/mol. The number of benzene rings is 1. The minimum atomic E-state index is -3.72. The number of hydrogen-bond donors (Lipinski definition) is 1. The Morgan fingerprint density at radius 1 is 0.897 bits per heavy atom. The van der Waals surface area contributed by atoms with Crippen LogP contribution in [-0.2, 0) is 35.4 Å². The summed E-state index contributed by atoms with van der Waals surface area (Å²) >= 11 is 0. The number of amides is 1. The lowest BCUT2D eigenvalue weighted by atomic mass is 10.0. The Morgan fingerprint density at radius 3 is 2.23 bits per heavy atom. The Balaban J connectivity index is 1.97. The van der Waals surface area contributed by atoms with E-state index in [0.717, 1.165) is 37.5 Å². The molecule has 1 heterocycles. The second-order valence-corrected chi connectivity index (χ2v) is 11.8. The number of carbonyl (C=O) groups is 1. The summed E-state index contributed by atoms with van der Waals surface area (Å²) in [6, 6.07) is 5.43. The number of rotatable bonds is 14. The van der Waals surface area contributed by atoms with Crippen LogP contribution in [0.5, 0.6) is 5.75 Å². The van der Waals surface area contributed by atoms with E-state index in [1.54, 1.807) is 12.1 Å². The first-order valence-corrected chi connectivity index (χ1v) is 16.4. The second kappa shape index (κ2) is 20.2. The summed E-state index contributed by atoms with van der Waals surface area (Å²) in [5, 5.41) is 0. The number of sulfonamides is 1. The summed E-state index contributed by atoms with van der Waals surface area (Å²) in [5.41, 5.74) is 1.18. The predicted octanol–water partition coefficient (Wildman–Crippen LogP) is 4.67. The zero-order valence-corrected chi connectivity index (χ0v) is 24.7. The van der Waals surface area contributed by atoms with Crippen LogP contribution < -0.4 is 9.46 Å². The molecule has 1 aliphatic heterocycles. The Labute approximate surface area is 235 Å². The Bertz CT molecular complexity index is 895. The van der Waals surface area contributed by atoms with E-state index in [2.05, 4.69) is 11.6 Å². The van der Waals surface area contributed by atoms with Gasteiger partial charge in [-0.25, -0.2) is 13.1 Å². The summed E-state index contributed by atoms with van der Waals surface area (Å²) in [4.78, 5) is 12.9. The summed E-state index contributed by atoms with van der Waals surface area (Å²) < 4.78 is 54.3. The lowest BCUT2D eigenvalue weighted by Crippen LogP contribution is -2.30. The van der Waals surface area contributed by atoms with E-state index in [4.69, 9.17) is 23.7 Å². The van der Waals surface area contributed by atoms with Crippen LogP contribution in [0.3, 0.4) is 0 Å². The third-order valence-electron chi connectivity index (χ3n) is 6.43. The van der Waals surface area contributed by atoms with E-state index in [9.17, 15) is 13.2 Å². The van der Waals surface area contributed by atoms with Crippen molar-refractivity contribution in [2.75, 3.05) is 59.1 Å². The molecule has 0 aromatic heterocycles. The van der Waals surface area contributed by atoms with E-state index in [-0.39, 0.29) is 18.3 Å². The van der Waals surface area contributed by atoms with Gasteiger partial charge >= 0.3 is 0 Å². The molecule has 2 rings (SSSR count). The van der Waals surface area contributed by atoms with E-state index in [1.807, 2.05) is 6.07 Å². The quantitative estimate of drug-likeness (QED) is 0.321. The topological polar surface area (TPSA) is 109 Å². The van der Waals surface area contributed by atoms with Crippen molar-refractivity contribution < 1.29 is 36.9 Å². The molecule has 1 aromatic carbocycles. The highest BCUT2D eigenvalue weighted by Crippen LogP contribution is 2.23. The normalized spacial score (nSPS) is 18.3. The van der Waals surface area contributed by atoms with Crippen LogP contribution in [0.4, 0.5) is 0 Å². The van der Waals surface area contributed by atoms with Crippen molar-refractivity contribution in [2.24, 2.45) is 0 Å². The van der Waals surface area contributed by atoms with Gasteiger partial charge in [-0.15, -0.1) is 0 Å². The highest BCUT2D eigenvalue weighted by Gasteiger charge is 2.19. The lowest BCUT2D eigenvalue weighted by Gasteiger charge is -2.20. The number of aryl methyl sites for hydroxylation is 1. The standard InChI is InChI=1S/C29H49NO8S/c1-3-4-5-6-7-8-9-10-12-25-13-14-28(27(23-25)29(31)30-39(2,32)33)38-24-26-15-18-36-20-19-34-16-11-17-35-21-22-37-26/h13-14,23,26H,3-12,15-22,24H2,1-2H3,(H,30,31). The Hall–Kier alpha value is -1.72. The van der Waals surface area contributed by atoms with Crippen LogP contribution in [0.15, 0.2) is 18.2 Å². The largest absolute Gasteiger partial charge is 0.490 e. The molecule has 1 amide bonds. The minimum Gasteiger partial charge on any atom is -0.490 e. The molecule has 1 unspecified atom stereocenters. The summed E-state index contributed by atoms with van der Waals surface area (Å²) in [7, 11) is -3.72. The number of ether oxygens (including phenoxy) is 5. The van der Waals surface area contributed by atoms with Gasteiger partial charge in [-0.3, -0.25) is 4.79 Å². The smallest absolute Gasteiger partial charge is 0.268 e. The highest BCUT2D eigenvalue weighted by molar-refractivity contribution is 7.89. The van der Waals surface area contributed by atoms with E-state index in [0.29, 0.717) is 58.4 Å². The maximum absolute atomic E-state index is 12.9. The zero-order valence-electron chi connectivity index (χ0n) is 23.9. The molecule has 224 valence electrons. The number of nitrogens with one attached hydrogen (secondary N) is 1. The molecule has 1 N–H and O–H groups in total. The molecule has 1 fully saturated rings.